The van der Waals surface area contributed by atoms with Gasteiger partial charge < -0.3 is 5.32 Å². The fourth-order valence-corrected chi connectivity index (χ4v) is 1.53. The minimum atomic E-state index is -0.854. The average molecular weight is 244 g/mol. The molecule has 7 heteroatoms. The van der Waals surface area contributed by atoms with Gasteiger partial charge in [-0.15, -0.1) is 5.10 Å². The molecule has 0 radical (unpaired) electrons. The molecule has 1 aromatic heterocycles. The molecule has 1 rings (SSSR count). The van der Waals surface area contributed by atoms with Crippen LogP contribution in [0.15, 0.2) is 0 Å². The second-order valence-corrected chi connectivity index (χ2v) is 5.40. The van der Waals surface area contributed by atoms with Crippen molar-refractivity contribution in [3.05, 3.63) is 11.6 Å². The Morgan fingerprint density at radius 1 is 1.62 bits per heavy atom. The summed E-state index contributed by atoms with van der Waals surface area (Å²) in [4.78, 5) is 15.4. The zero-order chi connectivity index (χ0) is 12.1. The number of nitrogens with zero attached hydrogens (tertiary/aromatic N) is 2. The number of nitrogens with one attached hydrogen (secondary N) is 2. The molecule has 1 amide bonds. The number of carbonyl (C=O) groups excluding carboxylic acids is 1. The third-order valence-electron chi connectivity index (χ3n) is 2.20. The van der Waals surface area contributed by atoms with E-state index in [4.69, 9.17) is 0 Å². The van der Waals surface area contributed by atoms with E-state index in [1.807, 2.05) is 6.92 Å². The lowest BCUT2D eigenvalue weighted by atomic mass is 10.3. The van der Waals surface area contributed by atoms with Crippen LogP contribution in [0, 0.1) is 6.92 Å². The van der Waals surface area contributed by atoms with E-state index in [-0.39, 0.29) is 17.0 Å². The van der Waals surface area contributed by atoms with Gasteiger partial charge in [0.2, 0.25) is 5.82 Å². The molecule has 0 aliphatic heterocycles. The van der Waals surface area contributed by atoms with Crippen LogP contribution in [0.5, 0.6) is 0 Å². The first-order valence-electron chi connectivity index (χ1n) is 5.00. The summed E-state index contributed by atoms with van der Waals surface area (Å²) in [6, 6.07) is 0. The smallest absolute Gasteiger partial charge is 0.290 e. The van der Waals surface area contributed by atoms with Crippen LogP contribution in [0.1, 0.15) is 29.8 Å². The summed E-state index contributed by atoms with van der Waals surface area (Å²) in [5.41, 5.74) is 0. The quantitative estimate of drug-likeness (QED) is 0.763. The summed E-state index contributed by atoms with van der Waals surface area (Å²) in [5.74, 6) is 0.439. The molecule has 0 saturated heterocycles. The van der Waals surface area contributed by atoms with E-state index in [0.29, 0.717) is 18.8 Å². The van der Waals surface area contributed by atoms with Gasteiger partial charge in [0.25, 0.3) is 5.91 Å². The van der Waals surface area contributed by atoms with Gasteiger partial charge in [-0.25, -0.2) is 4.98 Å². The molecule has 2 unspecified atom stereocenters. The standard InChI is InChI=1S/C9H16N4O2S/c1-6(16(3)15)4-5-10-9(14)8-11-7(2)12-13-8/h6H,4-5H2,1-3H3,(H,10,14)(H,11,12,13). The van der Waals surface area contributed by atoms with Crippen molar-refractivity contribution in [2.24, 2.45) is 0 Å². The van der Waals surface area contributed by atoms with E-state index in [1.165, 1.54) is 0 Å². The third kappa shape index (κ3) is 3.73. The third-order valence-corrected chi connectivity index (χ3v) is 3.57. The molecule has 0 bridgehead atoms. The fourth-order valence-electron chi connectivity index (χ4n) is 1.08. The van der Waals surface area contributed by atoms with Crippen LogP contribution in [0.3, 0.4) is 0 Å². The van der Waals surface area contributed by atoms with Crippen LogP contribution < -0.4 is 5.32 Å². The SMILES string of the molecule is Cc1nc(C(=O)NCCC(C)S(C)=O)n[nH]1. The highest BCUT2D eigenvalue weighted by molar-refractivity contribution is 7.84. The van der Waals surface area contributed by atoms with E-state index < -0.39 is 10.8 Å². The Labute approximate surface area is 96.7 Å². The van der Waals surface area contributed by atoms with E-state index in [2.05, 4.69) is 20.5 Å². The Balaban J connectivity index is 2.34. The number of rotatable bonds is 5. The number of aromatic amines is 1. The van der Waals surface area contributed by atoms with Crippen molar-refractivity contribution in [1.29, 1.82) is 0 Å². The summed E-state index contributed by atoms with van der Waals surface area (Å²) in [6.45, 7) is 4.10. The molecule has 1 heterocycles. The maximum atomic E-state index is 11.5. The Morgan fingerprint density at radius 3 is 2.81 bits per heavy atom. The maximum absolute atomic E-state index is 11.5. The summed E-state index contributed by atoms with van der Waals surface area (Å²) in [7, 11) is -0.854. The molecule has 2 N–H and O–H groups in total. The maximum Gasteiger partial charge on any atom is 0.290 e. The summed E-state index contributed by atoms with van der Waals surface area (Å²) in [5, 5.41) is 9.09. The van der Waals surface area contributed by atoms with Crippen molar-refractivity contribution < 1.29 is 9.00 Å². The van der Waals surface area contributed by atoms with E-state index in [1.54, 1.807) is 13.2 Å². The lowest BCUT2D eigenvalue weighted by Gasteiger charge is -2.07. The highest BCUT2D eigenvalue weighted by Crippen LogP contribution is 1.98. The Hall–Kier alpha value is -1.24. The van der Waals surface area contributed by atoms with Crippen molar-refractivity contribution >= 4 is 16.7 Å². The van der Waals surface area contributed by atoms with Crippen molar-refractivity contribution in [3.8, 4) is 0 Å². The zero-order valence-electron chi connectivity index (χ0n) is 9.61. The second-order valence-electron chi connectivity index (χ2n) is 3.60. The topological polar surface area (TPSA) is 87.7 Å². The van der Waals surface area contributed by atoms with Gasteiger partial charge in [0, 0.05) is 28.9 Å². The fraction of sp³-hybridized carbons (Fsp3) is 0.667. The molecule has 0 aliphatic rings. The number of hydrogen-bond donors (Lipinski definition) is 2. The molecule has 0 aliphatic carbocycles. The Kier molecular flexibility index (Phi) is 4.60. The number of amides is 1. The lowest BCUT2D eigenvalue weighted by Crippen LogP contribution is -2.28. The molecular formula is C9H16N4O2S. The first-order valence-corrected chi connectivity index (χ1v) is 6.62. The molecule has 1 aromatic rings. The molecule has 0 fully saturated rings. The minimum Gasteiger partial charge on any atom is -0.349 e. The van der Waals surface area contributed by atoms with Gasteiger partial charge in [0.05, 0.1) is 0 Å². The monoisotopic (exact) mass is 244 g/mol. The molecule has 90 valence electrons. The van der Waals surface area contributed by atoms with Crippen molar-refractivity contribution in [3.63, 3.8) is 0 Å². The first-order chi connectivity index (χ1) is 7.50. The average Bonchev–Trinajstić information content (AvgIpc) is 2.64. The number of carbonyl (C=O) groups is 1. The number of H-pyrrole nitrogens is 1. The van der Waals surface area contributed by atoms with E-state index >= 15 is 0 Å². The van der Waals surface area contributed by atoms with Gasteiger partial charge in [-0.2, -0.15) is 0 Å². The van der Waals surface area contributed by atoms with E-state index in [9.17, 15) is 9.00 Å². The van der Waals surface area contributed by atoms with Gasteiger partial charge in [-0.3, -0.25) is 14.1 Å². The van der Waals surface area contributed by atoms with Gasteiger partial charge in [-0.05, 0) is 13.3 Å². The van der Waals surface area contributed by atoms with Gasteiger partial charge in [0.15, 0.2) is 0 Å². The van der Waals surface area contributed by atoms with Crippen molar-refractivity contribution in [1.82, 2.24) is 20.5 Å². The van der Waals surface area contributed by atoms with Gasteiger partial charge >= 0.3 is 0 Å². The molecule has 0 spiro atoms. The Bertz CT molecular complexity index is 391. The van der Waals surface area contributed by atoms with Crippen LogP contribution in [0.25, 0.3) is 0 Å². The highest BCUT2D eigenvalue weighted by atomic mass is 32.2. The van der Waals surface area contributed by atoms with Crippen LogP contribution >= 0.6 is 0 Å². The largest absolute Gasteiger partial charge is 0.349 e. The highest BCUT2D eigenvalue weighted by Gasteiger charge is 2.11. The Morgan fingerprint density at radius 2 is 2.31 bits per heavy atom. The summed E-state index contributed by atoms with van der Waals surface area (Å²) >= 11 is 0. The predicted molar refractivity (Wildman–Crippen MR) is 61.6 cm³/mol. The zero-order valence-corrected chi connectivity index (χ0v) is 10.4. The predicted octanol–water partition coefficient (Wildman–Crippen LogP) is 0.0000200. The van der Waals surface area contributed by atoms with Crippen molar-refractivity contribution in [2.75, 3.05) is 12.8 Å². The molecule has 0 saturated carbocycles. The normalized spacial score (nSPS) is 14.4. The number of aromatic nitrogens is 3. The molecule has 2 atom stereocenters. The summed E-state index contributed by atoms with van der Waals surface area (Å²) < 4.78 is 11.1. The second kappa shape index (κ2) is 5.74. The van der Waals surface area contributed by atoms with Gasteiger partial charge in [-0.1, -0.05) is 6.92 Å². The summed E-state index contributed by atoms with van der Waals surface area (Å²) in [6.07, 6.45) is 2.34. The van der Waals surface area contributed by atoms with Crippen LogP contribution in [0.4, 0.5) is 0 Å². The molecular weight excluding hydrogens is 228 g/mol. The van der Waals surface area contributed by atoms with Crippen LogP contribution in [-0.4, -0.2) is 43.3 Å². The molecule has 0 aromatic carbocycles. The molecule has 6 nitrogen and oxygen atoms in total. The number of aryl methyl sites for hydroxylation is 1. The molecule has 16 heavy (non-hydrogen) atoms. The minimum absolute atomic E-state index is 0.0779. The van der Waals surface area contributed by atoms with E-state index in [0.717, 1.165) is 0 Å². The number of hydrogen-bond acceptors (Lipinski definition) is 4. The van der Waals surface area contributed by atoms with Gasteiger partial charge in [0.1, 0.15) is 5.82 Å². The van der Waals surface area contributed by atoms with Crippen molar-refractivity contribution in [2.45, 2.75) is 25.5 Å². The lowest BCUT2D eigenvalue weighted by molar-refractivity contribution is 0.0943. The first kappa shape index (κ1) is 12.8. The van der Waals surface area contributed by atoms with Crippen LogP contribution in [0.2, 0.25) is 0 Å². The van der Waals surface area contributed by atoms with Crippen LogP contribution in [-0.2, 0) is 10.8 Å².